The average Bonchev–Trinajstić information content (AvgIpc) is 2.47. The van der Waals surface area contributed by atoms with Crippen LogP contribution in [0.4, 0.5) is 5.69 Å². The predicted molar refractivity (Wildman–Crippen MR) is 75.3 cm³/mol. The Morgan fingerprint density at radius 2 is 2.00 bits per heavy atom. The van der Waals surface area contributed by atoms with E-state index >= 15 is 0 Å². The van der Waals surface area contributed by atoms with Gasteiger partial charge in [0.05, 0.1) is 10.5 Å². The zero-order valence-electron chi connectivity index (χ0n) is 10.7. The molecule has 6 nitrogen and oxygen atoms in total. The summed E-state index contributed by atoms with van der Waals surface area (Å²) >= 11 is 5.74. The first kappa shape index (κ1) is 14.8. The third-order valence-electron chi connectivity index (χ3n) is 2.73. The summed E-state index contributed by atoms with van der Waals surface area (Å²) in [5, 5.41) is 20.7. The number of hydrogen-bond acceptors (Lipinski definition) is 5. The van der Waals surface area contributed by atoms with Gasteiger partial charge in [0.15, 0.2) is 0 Å². The van der Waals surface area contributed by atoms with Crippen molar-refractivity contribution in [2.75, 3.05) is 0 Å². The van der Waals surface area contributed by atoms with Gasteiger partial charge in [-0.1, -0.05) is 23.7 Å². The van der Waals surface area contributed by atoms with Crippen molar-refractivity contribution in [3.8, 4) is 5.75 Å². The summed E-state index contributed by atoms with van der Waals surface area (Å²) in [4.78, 5) is 22.1. The Morgan fingerprint density at radius 3 is 2.71 bits per heavy atom. The van der Waals surface area contributed by atoms with Gasteiger partial charge in [0, 0.05) is 11.1 Å². The average molecular weight is 308 g/mol. The van der Waals surface area contributed by atoms with Gasteiger partial charge in [-0.15, -0.1) is 0 Å². The Kier molecular flexibility index (Phi) is 4.39. The number of nitro groups is 1. The number of aromatic hydroxyl groups is 1. The number of halogens is 1. The molecule has 7 heteroatoms. The minimum Gasteiger partial charge on any atom is -0.507 e. The predicted octanol–water partition coefficient (Wildman–Crippen LogP) is 3.31. The minimum atomic E-state index is -0.812. The van der Waals surface area contributed by atoms with Gasteiger partial charge in [0.2, 0.25) is 0 Å². The van der Waals surface area contributed by atoms with Gasteiger partial charge in [-0.3, -0.25) is 10.1 Å². The van der Waals surface area contributed by atoms with Gasteiger partial charge < -0.3 is 9.84 Å². The summed E-state index contributed by atoms with van der Waals surface area (Å²) in [7, 11) is 0. The fraction of sp³-hybridized carbons (Fsp3) is 0.0714. The van der Waals surface area contributed by atoms with Crippen LogP contribution in [0.2, 0.25) is 5.02 Å². The Labute approximate surface area is 124 Å². The van der Waals surface area contributed by atoms with Gasteiger partial charge in [0.25, 0.3) is 5.69 Å². The van der Waals surface area contributed by atoms with Crippen molar-refractivity contribution >= 4 is 23.3 Å². The molecule has 0 bridgehead atoms. The number of rotatable bonds is 4. The van der Waals surface area contributed by atoms with E-state index in [0.717, 1.165) is 0 Å². The van der Waals surface area contributed by atoms with E-state index in [9.17, 15) is 20.0 Å². The first-order valence-corrected chi connectivity index (χ1v) is 6.25. The molecule has 0 saturated carbocycles. The number of nitro benzene ring substituents is 1. The molecule has 0 aliphatic heterocycles. The van der Waals surface area contributed by atoms with Crippen molar-refractivity contribution < 1.29 is 19.6 Å². The van der Waals surface area contributed by atoms with Crippen molar-refractivity contribution in [3.05, 3.63) is 68.7 Å². The van der Waals surface area contributed by atoms with Crippen LogP contribution in [-0.2, 0) is 11.3 Å². The smallest absolute Gasteiger partial charge is 0.342 e. The minimum absolute atomic E-state index is 0.0962. The maximum Gasteiger partial charge on any atom is 0.342 e. The zero-order valence-corrected chi connectivity index (χ0v) is 11.4. The van der Waals surface area contributed by atoms with E-state index in [2.05, 4.69) is 0 Å². The SMILES string of the molecule is O=C(OCc1ccccc1[N+](=O)[O-])c1cc(Cl)ccc1O. The number of para-hydroxylation sites is 1. The van der Waals surface area contributed by atoms with E-state index < -0.39 is 10.9 Å². The molecule has 0 radical (unpaired) electrons. The molecule has 0 saturated heterocycles. The molecule has 0 atom stereocenters. The van der Waals surface area contributed by atoms with Crippen LogP contribution in [0.5, 0.6) is 5.75 Å². The van der Waals surface area contributed by atoms with E-state index in [1.165, 1.54) is 36.4 Å². The zero-order chi connectivity index (χ0) is 15.4. The van der Waals surface area contributed by atoms with E-state index in [4.69, 9.17) is 16.3 Å². The van der Waals surface area contributed by atoms with E-state index in [1.807, 2.05) is 0 Å². The molecule has 0 aliphatic carbocycles. The lowest BCUT2D eigenvalue weighted by Crippen LogP contribution is -2.07. The number of phenolic OH excluding ortho intramolecular Hbond substituents is 1. The number of hydrogen-bond donors (Lipinski definition) is 1. The van der Waals surface area contributed by atoms with Gasteiger partial charge >= 0.3 is 5.97 Å². The van der Waals surface area contributed by atoms with E-state index in [-0.39, 0.29) is 34.2 Å². The van der Waals surface area contributed by atoms with Crippen LogP contribution in [0.3, 0.4) is 0 Å². The molecule has 0 aromatic heterocycles. The number of carbonyl (C=O) groups is 1. The summed E-state index contributed by atoms with van der Waals surface area (Å²) in [6, 6.07) is 9.89. The molecular weight excluding hydrogens is 298 g/mol. The maximum absolute atomic E-state index is 11.9. The molecule has 0 unspecified atom stereocenters. The number of benzene rings is 2. The normalized spacial score (nSPS) is 10.1. The van der Waals surface area contributed by atoms with Crippen LogP contribution in [0.15, 0.2) is 42.5 Å². The second kappa shape index (κ2) is 6.23. The topological polar surface area (TPSA) is 89.7 Å². The quantitative estimate of drug-likeness (QED) is 0.531. The molecule has 21 heavy (non-hydrogen) atoms. The highest BCUT2D eigenvalue weighted by molar-refractivity contribution is 6.31. The Bertz CT molecular complexity index is 702. The van der Waals surface area contributed by atoms with Crippen LogP contribution in [0.25, 0.3) is 0 Å². The molecule has 0 heterocycles. The van der Waals surface area contributed by atoms with E-state index in [0.29, 0.717) is 0 Å². The summed E-state index contributed by atoms with van der Waals surface area (Å²) in [6.45, 7) is -0.276. The van der Waals surface area contributed by atoms with Crippen molar-refractivity contribution in [3.63, 3.8) is 0 Å². The number of esters is 1. The fourth-order valence-corrected chi connectivity index (χ4v) is 1.88. The third-order valence-corrected chi connectivity index (χ3v) is 2.96. The lowest BCUT2D eigenvalue weighted by Gasteiger charge is -2.07. The molecular formula is C14H10ClNO5. The van der Waals surface area contributed by atoms with Crippen LogP contribution in [0, 0.1) is 10.1 Å². The molecule has 0 spiro atoms. The third kappa shape index (κ3) is 3.49. The fourth-order valence-electron chi connectivity index (χ4n) is 1.70. The first-order valence-electron chi connectivity index (χ1n) is 5.87. The summed E-state index contributed by atoms with van der Waals surface area (Å²) in [5.74, 6) is -1.08. The Balaban J connectivity index is 2.15. The van der Waals surface area contributed by atoms with Crippen LogP contribution >= 0.6 is 11.6 Å². The van der Waals surface area contributed by atoms with Crippen LogP contribution in [-0.4, -0.2) is 16.0 Å². The molecule has 2 aromatic carbocycles. The van der Waals surface area contributed by atoms with Crippen molar-refractivity contribution in [1.29, 1.82) is 0 Å². The van der Waals surface area contributed by atoms with Gasteiger partial charge in [-0.2, -0.15) is 0 Å². The lowest BCUT2D eigenvalue weighted by atomic mass is 10.2. The highest BCUT2D eigenvalue weighted by atomic mass is 35.5. The van der Waals surface area contributed by atoms with Crippen LogP contribution in [0.1, 0.15) is 15.9 Å². The largest absolute Gasteiger partial charge is 0.507 e. The number of phenols is 1. The number of ether oxygens (including phenoxy) is 1. The monoisotopic (exact) mass is 307 g/mol. The van der Waals surface area contributed by atoms with Crippen molar-refractivity contribution in [1.82, 2.24) is 0 Å². The molecule has 0 fully saturated rings. The van der Waals surface area contributed by atoms with Gasteiger partial charge in [0.1, 0.15) is 17.9 Å². The molecule has 108 valence electrons. The Hall–Kier alpha value is -2.60. The highest BCUT2D eigenvalue weighted by Crippen LogP contribution is 2.24. The summed E-state index contributed by atoms with van der Waals surface area (Å²) in [5.41, 5.74) is 0.0269. The van der Waals surface area contributed by atoms with E-state index in [1.54, 1.807) is 6.07 Å². The molecule has 0 aliphatic rings. The number of nitrogens with zero attached hydrogens (tertiary/aromatic N) is 1. The molecule has 0 amide bonds. The van der Waals surface area contributed by atoms with Crippen molar-refractivity contribution in [2.24, 2.45) is 0 Å². The standard InChI is InChI=1S/C14H10ClNO5/c15-10-5-6-13(17)11(7-10)14(18)21-8-9-3-1-2-4-12(9)16(19)20/h1-7,17H,8H2. The Morgan fingerprint density at radius 1 is 1.29 bits per heavy atom. The van der Waals surface area contributed by atoms with Crippen LogP contribution < -0.4 is 0 Å². The second-order valence-corrected chi connectivity index (χ2v) is 4.56. The first-order chi connectivity index (χ1) is 9.99. The van der Waals surface area contributed by atoms with Crippen molar-refractivity contribution in [2.45, 2.75) is 6.61 Å². The van der Waals surface area contributed by atoms with Gasteiger partial charge in [-0.05, 0) is 24.3 Å². The highest BCUT2D eigenvalue weighted by Gasteiger charge is 2.17. The molecule has 2 aromatic rings. The lowest BCUT2D eigenvalue weighted by molar-refractivity contribution is -0.385. The second-order valence-electron chi connectivity index (χ2n) is 4.12. The number of carbonyl (C=O) groups excluding carboxylic acids is 1. The molecule has 1 N–H and O–H groups in total. The van der Waals surface area contributed by atoms with Gasteiger partial charge in [-0.25, -0.2) is 4.79 Å². The summed E-state index contributed by atoms with van der Waals surface area (Å²) < 4.78 is 4.98. The molecule has 2 rings (SSSR count). The maximum atomic E-state index is 11.9. The summed E-state index contributed by atoms with van der Waals surface area (Å²) in [6.07, 6.45) is 0.